The Kier molecular flexibility index (Phi) is 7.12. The fourth-order valence-electron chi connectivity index (χ4n) is 3.37. The Morgan fingerprint density at radius 3 is 2.39 bits per heavy atom. The van der Waals surface area contributed by atoms with Crippen LogP contribution in [0.25, 0.3) is 0 Å². The van der Waals surface area contributed by atoms with Gasteiger partial charge in [0.1, 0.15) is 18.1 Å². The molecule has 0 unspecified atom stereocenters. The molecule has 1 heterocycles. The lowest BCUT2D eigenvalue weighted by Gasteiger charge is -2.21. The quantitative estimate of drug-likeness (QED) is 0.446. The third-order valence-corrected chi connectivity index (χ3v) is 6.25. The van der Waals surface area contributed by atoms with Gasteiger partial charge in [0.25, 0.3) is 5.91 Å². The number of amides is 1. The van der Waals surface area contributed by atoms with E-state index in [1.165, 1.54) is 12.1 Å². The van der Waals surface area contributed by atoms with E-state index in [0.717, 1.165) is 24.2 Å². The number of primary sulfonamides is 1. The molecule has 8 nitrogen and oxygen atoms in total. The Labute approximate surface area is 193 Å². The Morgan fingerprint density at radius 2 is 1.79 bits per heavy atom. The third kappa shape index (κ3) is 6.92. The van der Waals surface area contributed by atoms with Gasteiger partial charge in [0, 0.05) is 24.7 Å². The van der Waals surface area contributed by atoms with Gasteiger partial charge in [-0.05, 0) is 66.9 Å². The zero-order chi connectivity index (χ0) is 23.3. The number of nitrogens with zero attached hydrogens (tertiary/aromatic N) is 1. The van der Waals surface area contributed by atoms with Gasteiger partial charge in [0.15, 0.2) is 0 Å². The third-order valence-electron chi connectivity index (χ3n) is 5.32. The van der Waals surface area contributed by atoms with Gasteiger partial charge in [-0.3, -0.25) is 9.69 Å². The van der Waals surface area contributed by atoms with E-state index in [-0.39, 0.29) is 10.8 Å². The summed E-state index contributed by atoms with van der Waals surface area (Å²) in [6, 6.07) is 17.7. The Balaban J connectivity index is 1.35. The molecular weight excluding hydrogens is 442 g/mol. The fraction of sp³-hybridized carbons (Fsp3) is 0.292. The van der Waals surface area contributed by atoms with Crippen LogP contribution >= 0.6 is 0 Å². The average Bonchev–Trinajstić information content (AvgIpc) is 3.45. The van der Waals surface area contributed by atoms with Crippen LogP contribution in [-0.4, -0.2) is 38.4 Å². The molecule has 9 heteroatoms. The van der Waals surface area contributed by atoms with Crippen LogP contribution in [0.4, 0.5) is 0 Å². The SMILES string of the molecule is NS(=O)(=O)c1ccc(OCCN(Cc2ccc(C(=O)NC3CC3)cc2)Cc2ccco2)cc1. The predicted octanol–water partition coefficient (Wildman–Crippen LogP) is 2.90. The maximum absolute atomic E-state index is 12.2. The number of hydrogen-bond acceptors (Lipinski definition) is 6. The summed E-state index contributed by atoms with van der Waals surface area (Å²) in [6.45, 7) is 2.27. The van der Waals surface area contributed by atoms with E-state index in [9.17, 15) is 13.2 Å². The first-order valence-corrected chi connectivity index (χ1v) is 12.3. The summed E-state index contributed by atoms with van der Waals surface area (Å²) in [7, 11) is -3.73. The molecule has 3 aromatic rings. The van der Waals surface area contributed by atoms with Crippen LogP contribution in [0.3, 0.4) is 0 Å². The number of ether oxygens (including phenoxy) is 1. The molecule has 0 radical (unpaired) electrons. The van der Waals surface area contributed by atoms with Crippen molar-refractivity contribution < 1.29 is 22.4 Å². The molecule has 0 aliphatic heterocycles. The highest BCUT2D eigenvalue weighted by molar-refractivity contribution is 7.89. The predicted molar refractivity (Wildman–Crippen MR) is 123 cm³/mol. The zero-order valence-electron chi connectivity index (χ0n) is 18.1. The van der Waals surface area contributed by atoms with E-state index < -0.39 is 10.0 Å². The molecule has 1 aromatic heterocycles. The fourth-order valence-corrected chi connectivity index (χ4v) is 3.89. The van der Waals surface area contributed by atoms with Gasteiger partial charge in [-0.15, -0.1) is 0 Å². The standard InChI is InChI=1S/C24H27N3O5S/c25-33(29,30)23-11-9-21(10-12-23)32-15-13-27(17-22-2-1-14-31-22)16-18-3-5-19(6-4-18)24(28)26-20-7-8-20/h1-6,9-12,14,20H,7-8,13,15-17H2,(H,26,28)(H2,25,29,30). The summed E-state index contributed by atoms with van der Waals surface area (Å²) < 4.78 is 34.1. The molecule has 2 aromatic carbocycles. The van der Waals surface area contributed by atoms with E-state index in [1.54, 1.807) is 18.4 Å². The van der Waals surface area contributed by atoms with Crippen LogP contribution in [0.1, 0.15) is 34.5 Å². The molecule has 0 saturated heterocycles. The highest BCUT2D eigenvalue weighted by atomic mass is 32.2. The van der Waals surface area contributed by atoms with Gasteiger partial charge in [-0.2, -0.15) is 0 Å². The number of sulfonamides is 1. The number of nitrogens with two attached hydrogens (primary N) is 1. The summed E-state index contributed by atoms with van der Waals surface area (Å²) in [5.74, 6) is 1.37. The molecule has 1 fully saturated rings. The molecule has 33 heavy (non-hydrogen) atoms. The Bertz CT molecular complexity index is 1160. The minimum atomic E-state index is -3.73. The molecule has 1 amide bonds. The number of rotatable bonds is 11. The highest BCUT2D eigenvalue weighted by Crippen LogP contribution is 2.20. The van der Waals surface area contributed by atoms with Crippen molar-refractivity contribution >= 4 is 15.9 Å². The topological polar surface area (TPSA) is 115 Å². The smallest absolute Gasteiger partial charge is 0.251 e. The number of furan rings is 1. The van der Waals surface area contributed by atoms with Gasteiger partial charge in [0.05, 0.1) is 17.7 Å². The van der Waals surface area contributed by atoms with Crippen LogP contribution in [0, 0.1) is 0 Å². The van der Waals surface area contributed by atoms with Gasteiger partial charge in [-0.25, -0.2) is 13.6 Å². The van der Waals surface area contributed by atoms with Crippen molar-refractivity contribution in [3.05, 3.63) is 83.8 Å². The number of carbonyl (C=O) groups is 1. The van der Waals surface area contributed by atoms with Gasteiger partial charge in [0.2, 0.25) is 10.0 Å². The summed E-state index contributed by atoms with van der Waals surface area (Å²) in [6.07, 6.45) is 3.76. The van der Waals surface area contributed by atoms with Crippen LogP contribution in [0.15, 0.2) is 76.2 Å². The molecule has 1 saturated carbocycles. The van der Waals surface area contributed by atoms with E-state index in [4.69, 9.17) is 14.3 Å². The van der Waals surface area contributed by atoms with Crippen LogP contribution in [-0.2, 0) is 23.1 Å². The van der Waals surface area contributed by atoms with E-state index in [1.807, 2.05) is 36.4 Å². The highest BCUT2D eigenvalue weighted by Gasteiger charge is 2.23. The van der Waals surface area contributed by atoms with Gasteiger partial charge in [-0.1, -0.05) is 12.1 Å². The van der Waals surface area contributed by atoms with E-state index in [2.05, 4.69) is 10.2 Å². The second-order valence-electron chi connectivity index (χ2n) is 8.10. The van der Waals surface area contributed by atoms with Crippen molar-refractivity contribution in [3.8, 4) is 5.75 Å². The lowest BCUT2D eigenvalue weighted by molar-refractivity contribution is 0.0951. The summed E-state index contributed by atoms with van der Waals surface area (Å²) in [5, 5.41) is 8.12. The molecule has 174 valence electrons. The first-order chi connectivity index (χ1) is 15.9. The van der Waals surface area contributed by atoms with Gasteiger partial charge < -0.3 is 14.5 Å². The second-order valence-corrected chi connectivity index (χ2v) is 9.66. The van der Waals surface area contributed by atoms with Crippen molar-refractivity contribution in [2.75, 3.05) is 13.2 Å². The Hall–Kier alpha value is -3.14. The van der Waals surface area contributed by atoms with Gasteiger partial charge >= 0.3 is 0 Å². The van der Waals surface area contributed by atoms with Crippen molar-refractivity contribution in [1.29, 1.82) is 0 Å². The number of hydrogen-bond donors (Lipinski definition) is 2. The monoisotopic (exact) mass is 469 g/mol. The normalized spacial score (nSPS) is 13.8. The molecule has 0 bridgehead atoms. The van der Waals surface area contributed by atoms with E-state index in [0.29, 0.717) is 43.6 Å². The zero-order valence-corrected chi connectivity index (χ0v) is 19.0. The summed E-state index contributed by atoms with van der Waals surface area (Å²) in [4.78, 5) is 14.4. The van der Waals surface area contributed by atoms with Crippen molar-refractivity contribution in [2.24, 2.45) is 5.14 Å². The Morgan fingerprint density at radius 1 is 1.06 bits per heavy atom. The maximum atomic E-state index is 12.2. The maximum Gasteiger partial charge on any atom is 0.251 e. The minimum absolute atomic E-state index is 0.0293. The van der Waals surface area contributed by atoms with Crippen LogP contribution in [0.5, 0.6) is 5.75 Å². The average molecular weight is 470 g/mol. The molecule has 1 aliphatic rings. The number of benzene rings is 2. The molecule has 0 spiro atoms. The van der Waals surface area contributed by atoms with Crippen molar-refractivity contribution in [1.82, 2.24) is 10.2 Å². The molecule has 4 rings (SSSR count). The first kappa shape index (κ1) is 23.0. The lowest BCUT2D eigenvalue weighted by Crippen LogP contribution is -2.28. The first-order valence-electron chi connectivity index (χ1n) is 10.8. The minimum Gasteiger partial charge on any atom is -0.492 e. The van der Waals surface area contributed by atoms with Crippen molar-refractivity contribution in [2.45, 2.75) is 36.9 Å². The van der Waals surface area contributed by atoms with Crippen molar-refractivity contribution in [3.63, 3.8) is 0 Å². The largest absolute Gasteiger partial charge is 0.492 e. The second kappa shape index (κ2) is 10.2. The lowest BCUT2D eigenvalue weighted by atomic mass is 10.1. The van der Waals surface area contributed by atoms with Crippen LogP contribution < -0.4 is 15.2 Å². The summed E-state index contributed by atoms with van der Waals surface area (Å²) >= 11 is 0. The van der Waals surface area contributed by atoms with E-state index >= 15 is 0 Å². The number of nitrogens with one attached hydrogen (secondary N) is 1. The molecule has 1 aliphatic carbocycles. The molecular formula is C24H27N3O5S. The summed E-state index contributed by atoms with van der Waals surface area (Å²) in [5.41, 5.74) is 1.73. The number of carbonyl (C=O) groups excluding carboxylic acids is 1. The molecule has 0 atom stereocenters. The van der Waals surface area contributed by atoms with Crippen LogP contribution in [0.2, 0.25) is 0 Å². The molecule has 3 N–H and O–H groups in total.